The van der Waals surface area contributed by atoms with Gasteiger partial charge in [0.05, 0.1) is 6.54 Å². The number of hydrogen-bond donors (Lipinski definition) is 1. The molecule has 8 nitrogen and oxygen atoms in total. The first-order valence-electron chi connectivity index (χ1n) is 8.53. The van der Waals surface area contributed by atoms with Crippen molar-refractivity contribution >= 4 is 40.4 Å². The van der Waals surface area contributed by atoms with E-state index in [1.165, 1.54) is 25.8 Å². The van der Waals surface area contributed by atoms with E-state index < -0.39 is 29.2 Å². The maximum atomic E-state index is 13.1. The number of nitrogen functional groups attached to an aromatic ring is 1. The smallest absolute Gasteiger partial charge is 0.303 e. The maximum absolute atomic E-state index is 13.1. The number of hydrogen-bond acceptors (Lipinski definition) is 7. The highest BCUT2D eigenvalue weighted by Gasteiger charge is 2.27. The van der Waals surface area contributed by atoms with Crippen LogP contribution in [0.2, 0.25) is 0 Å². The van der Waals surface area contributed by atoms with Crippen molar-refractivity contribution in [3.05, 3.63) is 27.8 Å². The highest BCUT2D eigenvalue weighted by molar-refractivity contribution is 6.68. The van der Waals surface area contributed by atoms with Crippen molar-refractivity contribution in [3.8, 4) is 0 Å². The average Bonchev–Trinajstić information content (AvgIpc) is 2.56. The minimum Gasteiger partial charge on any atom is -0.462 e. The highest BCUT2D eigenvalue weighted by Crippen LogP contribution is 2.31. The number of carbonyl (C=O) groups is 4. The van der Waals surface area contributed by atoms with Gasteiger partial charge in [-0.1, -0.05) is 0 Å². The molecule has 1 unspecified atom stereocenters. The summed E-state index contributed by atoms with van der Waals surface area (Å²) in [5.74, 6) is -1.53. The Morgan fingerprint density at radius 3 is 2.00 bits per heavy atom. The topological polar surface area (TPSA) is 116 Å². The molecule has 0 heterocycles. The summed E-state index contributed by atoms with van der Waals surface area (Å²) in [5, 5.41) is -0.703. The largest absolute Gasteiger partial charge is 0.462 e. The number of rotatable bonds is 7. The van der Waals surface area contributed by atoms with Crippen LogP contribution in [-0.4, -0.2) is 54.3 Å². The molecule has 1 aromatic carbocycles. The molecule has 0 fully saturated rings. The Labute approximate surface area is 168 Å². The summed E-state index contributed by atoms with van der Waals surface area (Å²) in [6.45, 7) is 7.20. The van der Waals surface area contributed by atoms with Gasteiger partial charge in [0.25, 0.3) is 11.1 Å². The number of ether oxygens (including phenoxy) is 2. The summed E-state index contributed by atoms with van der Waals surface area (Å²) in [6, 6.07) is 0. The zero-order chi connectivity index (χ0) is 21.8. The first kappa shape index (κ1) is 23.4. The molecule has 2 N–H and O–H groups in total. The fraction of sp³-hybridized carbons (Fsp3) is 0.474. The van der Waals surface area contributed by atoms with Gasteiger partial charge in [-0.05, 0) is 49.1 Å². The molecule has 0 spiro atoms. The number of esters is 2. The Kier molecular flexibility index (Phi) is 7.99. The molecule has 154 valence electrons. The van der Waals surface area contributed by atoms with Crippen LogP contribution < -0.4 is 5.73 Å². The Hall–Kier alpha value is -2.61. The summed E-state index contributed by atoms with van der Waals surface area (Å²) in [5.41, 5.74) is 8.28. The summed E-state index contributed by atoms with van der Waals surface area (Å²) in [4.78, 5) is 48.5. The van der Waals surface area contributed by atoms with Crippen LogP contribution in [0.3, 0.4) is 0 Å². The fourth-order valence-electron chi connectivity index (χ4n) is 3.00. The lowest BCUT2D eigenvalue weighted by Gasteiger charge is -2.26. The lowest BCUT2D eigenvalue weighted by atomic mass is 9.91. The fourth-order valence-corrected chi connectivity index (χ4v) is 3.29. The lowest BCUT2D eigenvalue weighted by molar-refractivity contribution is -0.156. The molecule has 0 bridgehead atoms. The van der Waals surface area contributed by atoms with Crippen molar-refractivity contribution in [2.24, 2.45) is 0 Å². The van der Waals surface area contributed by atoms with Gasteiger partial charge in [0, 0.05) is 37.7 Å². The van der Waals surface area contributed by atoms with Gasteiger partial charge in [0.2, 0.25) is 0 Å². The van der Waals surface area contributed by atoms with Crippen molar-refractivity contribution in [3.63, 3.8) is 0 Å². The molecule has 1 rings (SSSR count). The van der Waals surface area contributed by atoms with Gasteiger partial charge in [-0.2, -0.15) is 0 Å². The predicted molar refractivity (Wildman–Crippen MR) is 104 cm³/mol. The number of nitrogens with two attached hydrogens (primary N) is 1. The molecule has 1 atom stereocenters. The monoisotopic (exact) mass is 412 g/mol. The van der Waals surface area contributed by atoms with Crippen LogP contribution in [0.5, 0.6) is 0 Å². The second kappa shape index (κ2) is 9.54. The second-order valence-electron chi connectivity index (χ2n) is 6.53. The molecular weight excluding hydrogens is 388 g/mol. The van der Waals surface area contributed by atoms with Gasteiger partial charge in [-0.3, -0.25) is 19.2 Å². The van der Waals surface area contributed by atoms with Crippen molar-refractivity contribution in [2.75, 3.05) is 25.9 Å². The third-order valence-corrected chi connectivity index (χ3v) is 4.54. The van der Waals surface area contributed by atoms with Gasteiger partial charge >= 0.3 is 11.9 Å². The summed E-state index contributed by atoms with van der Waals surface area (Å²) in [6.07, 6.45) is -0.840. The van der Waals surface area contributed by atoms with Crippen LogP contribution in [0, 0.1) is 20.8 Å². The molecule has 0 aromatic heterocycles. The summed E-state index contributed by atoms with van der Waals surface area (Å²) >= 11 is 5.68. The van der Waals surface area contributed by atoms with Crippen LogP contribution in [0.4, 0.5) is 5.69 Å². The number of carbonyl (C=O) groups excluding carboxylic acids is 4. The van der Waals surface area contributed by atoms with Crippen molar-refractivity contribution < 1.29 is 28.7 Å². The van der Waals surface area contributed by atoms with Crippen LogP contribution in [0.15, 0.2) is 0 Å². The van der Waals surface area contributed by atoms with E-state index in [-0.39, 0.29) is 24.3 Å². The van der Waals surface area contributed by atoms with Crippen LogP contribution in [0.25, 0.3) is 0 Å². The summed E-state index contributed by atoms with van der Waals surface area (Å²) in [7, 11) is 1.50. The maximum Gasteiger partial charge on any atom is 0.303 e. The standard InChI is InChI=1S/C19H25ClN2O6/c1-9-15(18(20)25)10(2)17(21)11(3)16(9)19(26)22(6)7-14(28-13(5)24)8-27-12(4)23/h14H,7-8,21H2,1-6H3. The van der Waals surface area contributed by atoms with E-state index in [4.69, 9.17) is 26.8 Å². The molecule has 0 aliphatic heterocycles. The molecule has 28 heavy (non-hydrogen) atoms. The third kappa shape index (κ3) is 5.45. The van der Waals surface area contributed by atoms with Gasteiger partial charge in [0.15, 0.2) is 6.10 Å². The Morgan fingerprint density at radius 1 is 1.00 bits per heavy atom. The van der Waals surface area contributed by atoms with E-state index >= 15 is 0 Å². The molecule has 0 saturated carbocycles. The number of halogens is 1. The molecule has 1 amide bonds. The van der Waals surface area contributed by atoms with Gasteiger partial charge in [-0.25, -0.2) is 0 Å². The van der Waals surface area contributed by atoms with E-state index in [1.807, 2.05) is 0 Å². The zero-order valence-corrected chi connectivity index (χ0v) is 17.6. The van der Waals surface area contributed by atoms with Crippen molar-refractivity contribution in [1.82, 2.24) is 4.90 Å². The van der Waals surface area contributed by atoms with Crippen molar-refractivity contribution in [1.29, 1.82) is 0 Å². The molecular formula is C19H25ClN2O6. The zero-order valence-electron chi connectivity index (χ0n) is 16.8. The molecule has 1 aromatic rings. The molecule has 0 radical (unpaired) electrons. The number of anilines is 1. The Morgan fingerprint density at radius 2 is 1.54 bits per heavy atom. The van der Waals surface area contributed by atoms with E-state index in [0.29, 0.717) is 22.4 Å². The summed E-state index contributed by atoms with van der Waals surface area (Å²) < 4.78 is 10.0. The predicted octanol–water partition coefficient (Wildman–Crippen LogP) is 2.14. The first-order valence-corrected chi connectivity index (χ1v) is 8.91. The number of amides is 1. The quantitative estimate of drug-likeness (QED) is 0.414. The van der Waals surface area contributed by atoms with Crippen LogP contribution in [-0.2, 0) is 19.1 Å². The molecule has 0 aliphatic rings. The number of nitrogens with zero attached hydrogens (tertiary/aromatic N) is 1. The van der Waals surface area contributed by atoms with E-state index in [0.717, 1.165) is 0 Å². The average molecular weight is 413 g/mol. The Bertz CT molecular complexity index is 821. The van der Waals surface area contributed by atoms with Crippen LogP contribution >= 0.6 is 11.6 Å². The van der Waals surface area contributed by atoms with Gasteiger partial charge in [-0.15, -0.1) is 0 Å². The Balaban J connectivity index is 3.23. The van der Waals surface area contributed by atoms with E-state index in [1.54, 1.807) is 20.8 Å². The molecule has 0 saturated heterocycles. The highest BCUT2D eigenvalue weighted by atomic mass is 35.5. The lowest BCUT2D eigenvalue weighted by Crippen LogP contribution is -2.39. The van der Waals surface area contributed by atoms with Gasteiger partial charge < -0.3 is 20.1 Å². The minimum absolute atomic E-state index is 0.0253. The van der Waals surface area contributed by atoms with Gasteiger partial charge in [0.1, 0.15) is 6.61 Å². The van der Waals surface area contributed by atoms with E-state index in [9.17, 15) is 19.2 Å². The van der Waals surface area contributed by atoms with E-state index in [2.05, 4.69) is 0 Å². The number of likely N-dealkylation sites (N-methyl/N-ethyl adjacent to an activating group) is 1. The normalized spacial score (nSPS) is 11.5. The SMILES string of the molecule is CC(=O)OCC(CN(C)C(=O)c1c(C)c(N)c(C)c(C(=O)Cl)c1C)OC(C)=O. The minimum atomic E-state index is -0.840. The third-order valence-electron chi connectivity index (χ3n) is 4.35. The van der Waals surface area contributed by atoms with Crippen LogP contribution in [0.1, 0.15) is 51.3 Å². The molecule has 0 aliphatic carbocycles. The number of benzene rings is 1. The van der Waals surface area contributed by atoms with Crippen molar-refractivity contribution in [2.45, 2.75) is 40.7 Å². The first-order chi connectivity index (χ1) is 12.9. The molecule has 9 heteroatoms. The second-order valence-corrected chi connectivity index (χ2v) is 6.88.